The largest absolute Gasteiger partial charge is 0.346 e. The standard InChI is InChI=1S/C17H26N2O3S/c1-19(2)17(11-5-4-6-12-17)13-18-16(20)14-7-9-15(10-8-14)23(3,21)22/h7-10H,4-6,11-13H2,1-3H3,(H,18,20)/p+1. The maximum absolute atomic E-state index is 12.3. The molecule has 0 radical (unpaired) electrons. The molecule has 1 aliphatic carbocycles. The van der Waals surface area contributed by atoms with E-state index < -0.39 is 9.84 Å². The van der Waals surface area contributed by atoms with Crippen LogP contribution in [0.2, 0.25) is 0 Å². The van der Waals surface area contributed by atoms with Crippen molar-refractivity contribution < 1.29 is 18.1 Å². The number of carbonyl (C=O) groups excluding carboxylic acids is 1. The van der Waals surface area contributed by atoms with Gasteiger partial charge < -0.3 is 10.2 Å². The number of hydrogen-bond donors (Lipinski definition) is 2. The molecule has 2 N–H and O–H groups in total. The van der Waals surface area contributed by atoms with Gasteiger partial charge in [-0.1, -0.05) is 6.42 Å². The minimum absolute atomic E-state index is 0.112. The molecule has 0 unspecified atom stereocenters. The first kappa shape index (κ1) is 17.9. The smallest absolute Gasteiger partial charge is 0.251 e. The molecule has 5 nitrogen and oxygen atoms in total. The molecule has 1 aromatic rings. The summed E-state index contributed by atoms with van der Waals surface area (Å²) in [5.41, 5.74) is 0.609. The van der Waals surface area contributed by atoms with Crippen LogP contribution < -0.4 is 10.2 Å². The molecule has 0 saturated heterocycles. The molecule has 1 fully saturated rings. The molecule has 0 spiro atoms. The van der Waals surface area contributed by atoms with Crippen molar-refractivity contribution >= 4 is 15.7 Å². The fraction of sp³-hybridized carbons (Fsp3) is 0.588. The van der Waals surface area contributed by atoms with Crippen LogP contribution in [0.4, 0.5) is 0 Å². The highest BCUT2D eigenvalue weighted by atomic mass is 32.2. The predicted octanol–water partition coefficient (Wildman–Crippen LogP) is 0.667. The summed E-state index contributed by atoms with van der Waals surface area (Å²) in [5.74, 6) is -0.142. The Morgan fingerprint density at radius 1 is 1.13 bits per heavy atom. The minimum atomic E-state index is -3.23. The van der Waals surface area contributed by atoms with Crippen LogP contribution in [-0.4, -0.2) is 46.8 Å². The highest BCUT2D eigenvalue weighted by Crippen LogP contribution is 2.25. The van der Waals surface area contributed by atoms with Gasteiger partial charge in [-0.05, 0) is 37.1 Å². The summed E-state index contributed by atoms with van der Waals surface area (Å²) in [6.07, 6.45) is 7.12. The number of amides is 1. The lowest BCUT2D eigenvalue weighted by atomic mass is 9.80. The summed E-state index contributed by atoms with van der Waals surface area (Å²) >= 11 is 0. The minimum Gasteiger partial charge on any atom is -0.346 e. The van der Waals surface area contributed by atoms with Gasteiger partial charge in [0, 0.05) is 24.7 Å². The first-order valence-electron chi connectivity index (χ1n) is 8.14. The zero-order valence-electron chi connectivity index (χ0n) is 14.2. The summed E-state index contributed by atoms with van der Waals surface area (Å²) in [5, 5.41) is 3.04. The van der Waals surface area contributed by atoms with Crippen LogP contribution in [0.15, 0.2) is 29.2 Å². The van der Waals surface area contributed by atoms with Crippen LogP contribution in [-0.2, 0) is 9.84 Å². The maximum Gasteiger partial charge on any atom is 0.251 e. The zero-order chi connectivity index (χ0) is 17.1. The Kier molecular flexibility index (Phi) is 5.47. The molecule has 128 valence electrons. The van der Waals surface area contributed by atoms with Crippen LogP contribution in [0.1, 0.15) is 42.5 Å². The van der Waals surface area contributed by atoms with E-state index in [1.54, 1.807) is 12.1 Å². The van der Waals surface area contributed by atoms with E-state index in [0.29, 0.717) is 12.1 Å². The number of sulfone groups is 1. The molecule has 1 saturated carbocycles. The Morgan fingerprint density at radius 2 is 1.70 bits per heavy atom. The lowest BCUT2D eigenvalue weighted by Gasteiger charge is -2.39. The lowest BCUT2D eigenvalue weighted by molar-refractivity contribution is -0.916. The van der Waals surface area contributed by atoms with Gasteiger partial charge in [-0.15, -0.1) is 0 Å². The molecule has 0 bridgehead atoms. The van der Waals surface area contributed by atoms with E-state index >= 15 is 0 Å². The third kappa shape index (κ3) is 4.32. The average molecular weight is 339 g/mol. The number of rotatable bonds is 5. The van der Waals surface area contributed by atoms with Gasteiger partial charge in [-0.2, -0.15) is 0 Å². The number of hydrogen-bond acceptors (Lipinski definition) is 3. The van der Waals surface area contributed by atoms with Crippen molar-refractivity contribution in [2.24, 2.45) is 0 Å². The summed E-state index contributed by atoms with van der Waals surface area (Å²) in [4.78, 5) is 14.0. The Bertz CT molecular complexity index is 645. The molecule has 23 heavy (non-hydrogen) atoms. The summed E-state index contributed by atoms with van der Waals surface area (Å²) in [6, 6.07) is 6.11. The van der Waals surface area contributed by atoms with Crippen molar-refractivity contribution in [1.29, 1.82) is 0 Å². The quantitative estimate of drug-likeness (QED) is 0.828. The first-order chi connectivity index (χ1) is 10.7. The van der Waals surface area contributed by atoms with E-state index in [4.69, 9.17) is 0 Å². The molecule has 0 aromatic heterocycles. The normalized spacial score (nSPS) is 17.9. The fourth-order valence-corrected chi connectivity index (χ4v) is 3.92. The van der Waals surface area contributed by atoms with Crippen molar-refractivity contribution in [3.8, 4) is 0 Å². The Morgan fingerprint density at radius 3 is 2.17 bits per heavy atom. The predicted molar refractivity (Wildman–Crippen MR) is 90.5 cm³/mol. The number of likely N-dealkylation sites (N-methyl/N-ethyl adjacent to an activating group) is 1. The third-order valence-corrected chi connectivity index (χ3v) is 6.13. The number of nitrogens with one attached hydrogen (secondary N) is 2. The summed E-state index contributed by atoms with van der Waals surface area (Å²) in [7, 11) is 1.07. The Labute approximate surface area is 139 Å². The molecule has 6 heteroatoms. The topological polar surface area (TPSA) is 67.7 Å². The van der Waals surface area contributed by atoms with Gasteiger partial charge >= 0.3 is 0 Å². The van der Waals surface area contributed by atoms with E-state index in [9.17, 15) is 13.2 Å². The van der Waals surface area contributed by atoms with Crippen LogP contribution in [0, 0.1) is 0 Å². The van der Waals surface area contributed by atoms with Gasteiger partial charge in [0.05, 0.1) is 25.5 Å². The van der Waals surface area contributed by atoms with Gasteiger partial charge in [0.2, 0.25) is 0 Å². The first-order valence-corrected chi connectivity index (χ1v) is 10.0. The average Bonchev–Trinajstić information content (AvgIpc) is 2.52. The van der Waals surface area contributed by atoms with Crippen LogP contribution in [0.3, 0.4) is 0 Å². The van der Waals surface area contributed by atoms with E-state index in [0.717, 1.165) is 19.1 Å². The van der Waals surface area contributed by atoms with Gasteiger partial charge in [-0.3, -0.25) is 4.79 Å². The Balaban J connectivity index is 2.04. The molecular formula is C17H27N2O3S+. The zero-order valence-corrected chi connectivity index (χ0v) is 15.0. The second-order valence-corrected chi connectivity index (χ2v) is 8.84. The van der Waals surface area contributed by atoms with Crippen LogP contribution in [0.25, 0.3) is 0 Å². The maximum atomic E-state index is 12.3. The van der Waals surface area contributed by atoms with Crippen molar-refractivity contribution in [1.82, 2.24) is 5.32 Å². The van der Waals surface area contributed by atoms with Crippen molar-refractivity contribution in [3.05, 3.63) is 29.8 Å². The number of carbonyl (C=O) groups is 1. The van der Waals surface area contributed by atoms with Gasteiger partial charge in [0.1, 0.15) is 5.54 Å². The molecule has 0 heterocycles. The Hall–Kier alpha value is -1.40. The van der Waals surface area contributed by atoms with Crippen molar-refractivity contribution in [3.63, 3.8) is 0 Å². The van der Waals surface area contributed by atoms with Gasteiger partial charge in [-0.25, -0.2) is 8.42 Å². The van der Waals surface area contributed by atoms with Gasteiger partial charge in [0.15, 0.2) is 9.84 Å². The van der Waals surface area contributed by atoms with E-state index in [2.05, 4.69) is 19.4 Å². The van der Waals surface area contributed by atoms with E-state index in [1.807, 2.05) is 0 Å². The highest BCUT2D eigenvalue weighted by Gasteiger charge is 2.38. The van der Waals surface area contributed by atoms with E-state index in [1.165, 1.54) is 36.3 Å². The second-order valence-electron chi connectivity index (χ2n) is 6.82. The summed E-state index contributed by atoms with van der Waals surface area (Å²) in [6.45, 7) is 0.655. The molecule has 0 atom stereocenters. The van der Waals surface area contributed by atoms with Crippen molar-refractivity contribution in [2.45, 2.75) is 42.5 Å². The van der Waals surface area contributed by atoms with Crippen molar-refractivity contribution in [2.75, 3.05) is 26.9 Å². The SMILES string of the molecule is C[NH+](C)C1(CNC(=O)c2ccc(S(C)(=O)=O)cc2)CCCCC1. The molecule has 1 aliphatic rings. The summed E-state index contributed by atoms with van der Waals surface area (Å²) < 4.78 is 22.9. The van der Waals surface area contributed by atoms with Crippen LogP contribution >= 0.6 is 0 Å². The number of quaternary nitrogens is 1. The molecular weight excluding hydrogens is 312 g/mol. The van der Waals surface area contributed by atoms with Crippen LogP contribution in [0.5, 0.6) is 0 Å². The fourth-order valence-electron chi connectivity index (χ4n) is 3.29. The third-order valence-electron chi connectivity index (χ3n) is 5.00. The monoisotopic (exact) mass is 339 g/mol. The van der Waals surface area contributed by atoms with Gasteiger partial charge in [0.25, 0.3) is 5.91 Å². The lowest BCUT2D eigenvalue weighted by Crippen LogP contribution is -3.16. The molecule has 1 aromatic carbocycles. The molecule has 2 rings (SSSR count). The second kappa shape index (κ2) is 7.01. The highest BCUT2D eigenvalue weighted by molar-refractivity contribution is 7.90. The van der Waals surface area contributed by atoms with E-state index in [-0.39, 0.29) is 16.3 Å². The molecule has 0 aliphatic heterocycles. The number of benzene rings is 1. The molecule has 1 amide bonds.